The van der Waals surface area contributed by atoms with Gasteiger partial charge in [0, 0.05) is 5.56 Å². The lowest BCUT2D eigenvalue weighted by atomic mass is 9.96. The second kappa shape index (κ2) is 7.65. The van der Waals surface area contributed by atoms with E-state index >= 15 is 0 Å². The SMILES string of the molecule is CC(=O)c1ccccc1NC(=O)[C@H](C)OC(=O)CN1C(=O)N[C@](C)(C2CC2)C1=O. The molecular formula is C20H23N3O6. The number of benzene rings is 1. The molecule has 29 heavy (non-hydrogen) atoms. The lowest BCUT2D eigenvalue weighted by Gasteiger charge is -2.21. The highest BCUT2D eigenvalue weighted by atomic mass is 16.5. The third-order valence-electron chi connectivity index (χ3n) is 5.22. The number of esters is 1. The van der Waals surface area contributed by atoms with Gasteiger partial charge in [-0.15, -0.1) is 0 Å². The summed E-state index contributed by atoms with van der Waals surface area (Å²) in [5.41, 5.74) is -0.350. The van der Waals surface area contributed by atoms with Gasteiger partial charge < -0.3 is 15.4 Å². The Morgan fingerprint density at radius 3 is 2.55 bits per heavy atom. The molecule has 1 aromatic carbocycles. The number of ether oxygens (including phenoxy) is 1. The third kappa shape index (κ3) is 4.13. The number of nitrogens with zero attached hydrogens (tertiary/aromatic N) is 1. The van der Waals surface area contributed by atoms with Crippen molar-refractivity contribution in [2.75, 3.05) is 11.9 Å². The number of rotatable bonds is 7. The van der Waals surface area contributed by atoms with Gasteiger partial charge in [-0.2, -0.15) is 0 Å². The van der Waals surface area contributed by atoms with Crippen molar-refractivity contribution in [3.63, 3.8) is 0 Å². The highest BCUT2D eigenvalue weighted by Crippen LogP contribution is 2.42. The van der Waals surface area contributed by atoms with Crippen LogP contribution in [-0.2, 0) is 19.1 Å². The minimum Gasteiger partial charge on any atom is -0.451 e. The molecule has 3 rings (SSSR count). The lowest BCUT2D eigenvalue weighted by Crippen LogP contribution is -2.46. The third-order valence-corrected chi connectivity index (χ3v) is 5.22. The summed E-state index contributed by atoms with van der Waals surface area (Å²) in [6.07, 6.45) is 0.512. The van der Waals surface area contributed by atoms with Gasteiger partial charge in [0.2, 0.25) is 0 Å². The highest BCUT2D eigenvalue weighted by Gasteiger charge is 2.56. The molecule has 2 N–H and O–H groups in total. The van der Waals surface area contributed by atoms with Gasteiger partial charge in [0.1, 0.15) is 12.1 Å². The van der Waals surface area contributed by atoms with E-state index in [1.54, 1.807) is 31.2 Å². The van der Waals surface area contributed by atoms with Gasteiger partial charge in [0.15, 0.2) is 11.9 Å². The van der Waals surface area contributed by atoms with Gasteiger partial charge in [-0.3, -0.25) is 24.1 Å². The van der Waals surface area contributed by atoms with Crippen LogP contribution >= 0.6 is 0 Å². The summed E-state index contributed by atoms with van der Waals surface area (Å²) in [5.74, 6) is -2.12. The quantitative estimate of drug-likeness (QED) is 0.405. The van der Waals surface area contributed by atoms with Gasteiger partial charge in [0.25, 0.3) is 11.8 Å². The van der Waals surface area contributed by atoms with E-state index < -0.39 is 42.0 Å². The number of carbonyl (C=O) groups excluding carboxylic acids is 5. The number of amides is 4. The van der Waals surface area contributed by atoms with Crippen LogP contribution in [-0.4, -0.2) is 52.7 Å². The molecule has 2 atom stereocenters. The molecule has 0 bridgehead atoms. The summed E-state index contributed by atoms with van der Waals surface area (Å²) >= 11 is 0. The first-order valence-electron chi connectivity index (χ1n) is 9.38. The Labute approximate surface area is 167 Å². The van der Waals surface area contributed by atoms with Gasteiger partial charge >= 0.3 is 12.0 Å². The van der Waals surface area contributed by atoms with Crippen LogP contribution in [0.15, 0.2) is 24.3 Å². The monoisotopic (exact) mass is 401 g/mol. The first kappa shape index (κ1) is 20.5. The van der Waals surface area contributed by atoms with Gasteiger partial charge in [-0.1, -0.05) is 12.1 Å². The Hall–Kier alpha value is -3.23. The zero-order valence-electron chi connectivity index (χ0n) is 16.5. The van der Waals surface area contributed by atoms with Crippen LogP contribution in [0.1, 0.15) is 44.0 Å². The number of Topliss-reactive ketones (excluding diaryl/α,β-unsaturated/α-hetero) is 1. The van der Waals surface area contributed by atoms with Crippen molar-refractivity contribution >= 4 is 35.3 Å². The van der Waals surface area contributed by atoms with E-state index in [0.717, 1.165) is 17.7 Å². The van der Waals surface area contributed by atoms with Crippen LogP contribution in [0.4, 0.5) is 10.5 Å². The number of hydrogen-bond donors (Lipinski definition) is 2. The van der Waals surface area contributed by atoms with Crippen LogP contribution in [0.2, 0.25) is 0 Å². The van der Waals surface area contributed by atoms with Crippen LogP contribution in [0.3, 0.4) is 0 Å². The normalized spacial score (nSPS) is 22.1. The van der Waals surface area contributed by atoms with Crippen LogP contribution in [0, 0.1) is 5.92 Å². The van der Waals surface area contributed by atoms with Gasteiger partial charge in [0.05, 0.1) is 5.69 Å². The average Bonchev–Trinajstić information content (AvgIpc) is 3.48. The van der Waals surface area contributed by atoms with Gasteiger partial charge in [-0.25, -0.2) is 4.79 Å². The fourth-order valence-corrected chi connectivity index (χ4v) is 3.35. The zero-order valence-corrected chi connectivity index (χ0v) is 16.5. The summed E-state index contributed by atoms with van der Waals surface area (Å²) < 4.78 is 5.08. The Morgan fingerprint density at radius 1 is 1.28 bits per heavy atom. The Balaban J connectivity index is 1.58. The topological polar surface area (TPSA) is 122 Å². The molecule has 1 heterocycles. The number of anilines is 1. The van der Waals surface area contributed by atoms with Crippen molar-refractivity contribution in [2.45, 2.75) is 45.3 Å². The highest BCUT2D eigenvalue weighted by molar-refractivity contribution is 6.09. The summed E-state index contributed by atoms with van der Waals surface area (Å²) in [6.45, 7) is 3.82. The molecule has 4 amide bonds. The molecule has 1 aliphatic heterocycles. The van der Waals surface area contributed by atoms with E-state index in [4.69, 9.17) is 4.74 Å². The van der Waals surface area contributed by atoms with Gasteiger partial charge in [-0.05, 0) is 51.7 Å². The molecule has 0 spiro atoms. The van der Waals surface area contributed by atoms with Crippen molar-refractivity contribution in [1.29, 1.82) is 0 Å². The Kier molecular flexibility index (Phi) is 5.41. The van der Waals surface area contributed by atoms with E-state index in [2.05, 4.69) is 10.6 Å². The van der Waals surface area contributed by atoms with E-state index in [1.807, 2.05) is 0 Å². The van der Waals surface area contributed by atoms with E-state index in [1.165, 1.54) is 13.8 Å². The van der Waals surface area contributed by atoms with E-state index in [0.29, 0.717) is 11.3 Å². The molecule has 0 unspecified atom stereocenters. The number of hydrogen-bond acceptors (Lipinski definition) is 6. The zero-order chi connectivity index (χ0) is 21.3. The average molecular weight is 401 g/mol. The summed E-state index contributed by atoms with van der Waals surface area (Å²) in [7, 11) is 0. The molecule has 0 radical (unpaired) electrons. The first-order valence-corrected chi connectivity index (χ1v) is 9.38. The standard InChI is InChI=1S/C20H23N3O6/c1-11(24)14-6-4-5-7-15(14)21-17(26)12(2)29-16(25)10-23-18(27)20(3,13-8-9-13)22-19(23)28/h4-7,12-13H,8-10H2,1-3H3,(H,21,26)(H,22,28)/t12-,20+/m0/s1. The van der Waals surface area contributed by atoms with Crippen molar-refractivity contribution in [3.05, 3.63) is 29.8 Å². The molecule has 1 aliphatic carbocycles. The Morgan fingerprint density at radius 2 is 1.93 bits per heavy atom. The summed E-state index contributed by atoms with van der Waals surface area (Å²) in [5, 5.41) is 5.19. The molecule has 0 aromatic heterocycles. The lowest BCUT2D eigenvalue weighted by molar-refractivity contribution is -0.155. The molecular weight excluding hydrogens is 378 g/mol. The maximum absolute atomic E-state index is 12.5. The molecule has 154 valence electrons. The second-order valence-corrected chi connectivity index (χ2v) is 7.52. The predicted octanol–water partition coefficient (Wildman–Crippen LogP) is 1.48. The second-order valence-electron chi connectivity index (χ2n) is 7.52. The van der Waals surface area contributed by atoms with E-state index in [9.17, 15) is 24.0 Å². The molecule has 9 nitrogen and oxygen atoms in total. The maximum atomic E-state index is 12.5. The van der Waals surface area contributed by atoms with Crippen LogP contribution in [0.5, 0.6) is 0 Å². The molecule has 9 heteroatoms. The fraction of sp³-hybridized carbons (Fsp3) is 0.450. The minimum absolute atomic E-state index is 0.0750. The van der Waals surface area contributed by atoms with Crippen LogP contribution in [0.25, 0.3) is 0 Å². The summed E-state index contributed by atoms with van der Waals surface area (Å²) in [6, 6.07) is 5.82. The van der Waals surface area contributed by atoms with E-state index in [-0.39, 0.29) is 11.7 Å². The molecule has 1 saturated heterocycles. The minimum atomic E-state index is -1.18. The summed E-state index contributed by atoms with van der Waals surface area (Å²) in [4.78, 5) is 61.6. The molecule has 1 saturated carbocycles. The van der Waals surface area contributed by atoms with Crippen LogP contribution < -0.4 is 10.6 Å². The number of imide groups is 1. The number of urea groups is 1. The largest absolute Gasteiger partial charge is 0.451 e. The predicted molar refractivity (Wildman–Crippen MR) is 102 cm³/mol. The number of para-hydroxylation sites is 1. The first-order chi connectivity index (χ1) is 13.6. The molecule has 2 fully saturated rings. The number of nitrogens with one attached hydrogen (secondary N) is 2. The fourth-order valence-electron chi connectivity index (χ4n) is 3.35. The maximum Gasteiger partial charge on any atom is 0.327 e. The number of ketones is 1. The van der Waals surface area contributed by atoms with Crippen molar-refractivity contribution in [3.8, 4) is 0 Å². The van der Waals surface area contributed by atoms with Crippen molar-refractivity contribution in [1.82, 2.24) is 10.2 Å². The van der Waals surface area contributed by atoms with Crippen molar-refractivity contribution in [2.24, 2.45) is 5.92 Å². The smallest absolute Gasteiger partial charge is 0.327 e. The molecule has 2 aliphatic rings. The Bertz CT molecular complexity index is 894. The van der Waals surface area contributed by atoms with Crippen molar-refractivity contribution < 1.29 is 28.7 Å². The molecule has 1 aromatic rings. The number of carbonyl (C=O) groups is 5.